The monoisotopic (exact) mass is 636 g/mol. The number of hydrogen-bond donors (Lipinski definition) is 3. The Labute approximate surface area is 261 Å². The molecule has 1 aromatic heterocycles. The molecule has 0 saturated carbocycles. The third-order valence-corrected chi connectivity index (χ3v) is 8.68. The van der Waals surface area contributed by atoms with E-state index in [1.165, 1.54) is 31.2 Å². The van der Waals surface area contributed by atoms with Gasteiger partial charge in [-0.3, -0.25) is 4.79 Å². The summed E-state index contributed by atoms with van der Waals surface area (Å²) < 4.78 is 39.6. The molecule has 3 N–H and O–H groups in total. The van der Waals surface area contributed by atoms with E-state index < -0.39 is 40.3 Å². The average Bonchev–Trinajstić information content (AvgIpc) is 3.50. The van der Waals surface area contributed by atoms with Crippen molar-refractivity contribution in [3.8, 4) is 11.4 Å². The molecule has 0 aliphatic heterocycles. The largest absolute Gasteiger partial charge is 0.465 e. The summed E-state index contributed by atoms with van der Waals surface area (Å²) in [5.41, 5.74) is 1.89. The summed E-state index contributed by atoms with van der Waals surface area (Å²) in [6, 6.07) is 22.9. The van der Waals surface area contributed by atoms with Gasteiger partial charge >= 0.3 is 12.1 Å². The second-order valence-electron chi connectivity index (χ2n) is 10.9. The normalized spacial score (nSPS) is 13.7. The number of nitrogens with zero attached hydrogens (tertiary/aromatic N) is 3. The number of aliphatic hydroxyl groups excluding tert-OH is 1. The molecule has 12 nitrogen and oxygen atoms in total. The minimum Gasteiger partial charge on any atom is -0.465 e. The van der Waals surface area contributed by atoms with Crippen molar-refractivity contribution >= 4 is 22.1 Å². The molecule has 0 bridgehead atoms. The number of carbonyl (C=O) groups is 2. The Hall–Kier alpha value is -4.59. The first-order valence-electron chi connectivity index (χ1n) is 14.3. The zero-order chi connectivity index (χ0) is 32.6. The molecule has 0 aliphatic carbocycles. The molecule has 238 valence electrons. The molecule has 0 radical (unpaired) electrons. The van der Waals surface area contributed by atoms with Gasteiger partial charge in [0.2, 0.25) is 22.0 Å². The van der Waals surface area contributed by atoms with Crippen LogP contribution in [-0.2, 0) is 26.0 Å². The van der Waals surface area contributed by atoms with Gasteiger partial charge in [0.1, 0.15) is 0 Å². The molecule has 0 aliphatic rings. The zero-order valence-electron chi connectivity index (χ0n) is 25.1. The van der Waals surface area contributed by atoms with E-state index in [1.54, 1.807) is 48.5 Å². The third-order valence-electron chi connectivity index (χ3n) is 6.83. The maximum absolute atomic E-state index is 13.8. The summed E-state index contributed by atoms with van der Waals surface area (Å²) in [7, 11) is -4.11. The number of hydrogen-bond acceptors (Lipinski definition) is 9. The van der Waals surface area contributed by atoms with Crippen LogP contribution in [0.2, 0.25) is 0 Å². The second-order valence-corrected chi connectivity index (χ2v) is 12.8. The van der Waals surface area contributed by atoms with E-state index >= 15 is 0 Å². The van der Waals surface area contributed by atoms with Crippen molar-refractivity contribution in [2.24, 2.45) is 5.92 Å². The lowest BCUT2D eigenvalue weighted by Gasteiger charge is -2.30. The Morgan fingerprint density at radius 3 is 2.16 bits per heavy atom. The SMILES string of the molecule is CC(=O)OC(c1ccccc1)c1nc(-c2ccc(S(=O)(=O)N(CC(C)C)C[C@H](O)[C@H](Cc3ccccc3)NC(=O)O)cc2)no1. The summed E-state index contributed by atoms with van der Waals surface area (Å²) in [5, 5.41) is 26.8. The lowest BCUT2D eigenvalue weighted by atomic mass is 10.0. The van der Waals surface area contributed by atoms with Crippen LogP contribution in [-0.4, -0.2) is 70.4 Å². The highest BCUT2D eigenvalue weighted by Crippen LogP contribution is 2.28. The van der Waals surface area contributed by atoms with Gasteiger partial charge in [0.05, 0.1) is 17.0 Å². The van der Waals surface area contributed by atoms with Gasteiger partial charge in [-0.15, -0.1) is 0 Å². The minimum absolute atomic E-state index is 0.0318. The zero-order valence-corrected chi connectivity index (χ0v) is 25.9. The smallest absolute Gasteiger partial charge is 0.404 e. The van der Waals surface area contributed by atoms with Crippen molar-refractivity contribution < 1.29 is 37.5 Å². The minimum atomic E-state index is -4.11. The van der Waals surface area contributed by atoms with Crippen LogP contribution in [0.3, 0.4) is 0 Å². The molecule has 0 spiro atoms. The van der Waals surface area contributed by atoms with Gasteiger partial charge in [-0.1, -0.05) is 79.7 Å². The lowest BCUT2D eigenvalue weighted by Crippen LogP contribution is -2.50. The molecule has 1 amide bonds. The molecule has 1 heterocycles. The van der Waals surface area contributed by atoms with E-state index in [2.05, 4.69) is 15.5 Å². The van der Waals surface area contributed by atoms with Crippen molar-refractivity contribution in [2.75, 3.05) is 13.1 Å². The topological polar surface area (TPSA) is 172 Å². The van der Waals surface area contributed by atoms with E-state index in [0.29, 0.717) is 11.1 Å². The summed E-state index contributed by atoms with van der Waals surface area (Å²) in [5.74, 6) is -0.390. The van der Waals surface area contributed by atoms with Crippen LogP contribution >= 0.6 is 0 Å². The first-order valence-corrected chi connectivity index (χ1v) is 15.8. The molecular weight excluding hydrogens is 600 g/mol. The fourth-order valence-corrected chi connectivity index (χ4v) is 6.38. The van der Waals surface area contributed by atoms with Crippen LogP contribution in [0.5, 0.6) is 0 Å². The van der Waals surface area contributed by atoms with Crippen LogP contribution in [0, 0.1) is 5.92 Å². The predicted molar refractivity (Wildman–Crippen MR) is 164 cm³/mol. The summed E-state index contributed by atoms with van der Waals surface area (Å²) >= 11 is 0. The molecule has 45 heavy (non-hydrogen) atoms. The number of aromatic nitrogens is 2. The van der Waals surface area contributed by atoms with Gasteiger partial charge in [0.25, 0.3) is 5.89 Å². The molecule has 3 atom stereocenters. The Morgan fingerprint density at radius 2 is 1.58 bits per heavy atom. The summed E-state index contributed by atoms with van der Waals surface area (Å²) in [6.07, 6.45) is -3.39. The lowest BCUT2D eigenvalue weighted by molar-refractivity contribution is -0.145. The highest BCUT2D eigenvalue weighted by Gasteiger charge is 2.32. The molecule has 4 rings (SSSR count). The number of ether oxygens (including phenoxy) is 1. The number of carbonyl (C=O) groups excluding carboxylic acids is 1. The molecule has 13 heteroatoms. The van der Waals surface area contributed by atoms with E-state index in [-0.39, 0.29) is 42.0 Å². The summed E-state index contributed by atoms with van der Waals surface area (Å²) in [6.45, 7) is 4.74. The predicted octanol–water partition coefficient (Wildman–Crippen LogP) is 4.28. The van der Waals surface area contributed by atoms with Crippen LogP contribution < -0.4 is 5.32 Å². The maximum atomic E-state index is 13.8. The van der Waals surface area contributed by atoms with Crippen LogP contribution in [0.1, 0.15) is 43.9 Å². The van der Waals surface area contributed by atoms with Crippen LogP contribution in [0.4, 0.5) is 4.79 Å². The summed E-state index contributed by atoms with van der Waals surface area (Å²) in [4.78, 5) is 27.6. The number of nitrogens with one attached hydrogen (secondary N) is 1. The van der Waals surface area contributed by atoms with Gasteiger partial charge in [0.15, 0.2) is 0 Å². The number of carboxylic acid groups (broad SMARTS) is 1. The van der Waals surface area contributed by atoms with Crippen LogP contribution in [0.25, 0.3) is 11.4 Å². The standard InChI is InChI=1S/C32H36N4O8S/c1-21(2)19-36(20-28(38)27(33-32(39)40)18-23-10-6-4-7-11-23)45(41,42)26-16-14-25(15-17-26)30-34-31(44-35-30)29(43-22(3)37)24-12-8-5-9-13-24/h4-17,21,27-29,33,38H,18-20H2,1-3H3,(H,39,40)/t27-,28-,29?/m0/s1. The Kier molecular flexibility index (Phi) is 11.0. The van der Waals surface area contributed by atoms with E-state index in [9.17, 15) is 28.2 Å². The van der Waals surface area contributed by atoms with Gasteiger partial charge in [-0.25, -0.2) is 13.2 Å². The van der Waals surface area contributed by atoms with E-state index in [1.807, 2.05) is 26.0 Å². The Balaban J connectivity index is 1.55. The van der Waals surface area contributed by atoms with Crippen LogP contribution in [0.15, 0.2) is 94.3 Å². The van der Waals surface area contributed by atoms with E-state index in [0.717, 1.165) is 9.87 Å². The van der Waals surface area contributed by atoms with Crippen molar-refractivity contribution in [2.45, 2.75) is 50.3 Å². The highest BCUT2D eigenvalue weighted by atomic mass is 32.2. The third kappa shape index (κ3) is 8.97. The Morgan fingerprint density at radius 1 is 0.956 bits per heavy atom. The number of amides is 1. The van der Waals surface area contributed by atoms with Crippen molar-refractivity contribution in [3.05, 3.63) is 102 Å². The average molecular weight is 637 g/mol. The van der Waals surface area contributed by atoms with Crippen molar-refractivity contribution in [1.82, 2.24) is 19.8 Å². The number of aliphatic hydroxyl groups is 1. The molecule has 1 unspecified atom stereocenters. The fourth-order valence-electron chi connectivity index (χ4n) is 4.76. The molecule has 4 aromatic rings. The van der Waals surface area contributed by atoms with Crippen molar-refractivity contribution in [3.63, 3.8) is 0 Å². The highest BCUT2D eigenvalue weighted by molar-refractivity contribution is 7.89. The second kappa shape index (κ2) is 14.9. The number of esters is 1. The molecule has 3 aromatic carbocycles. The maximum Gasteiger partial charge on any atom is 0.404 e. The number of sulfonamides is 1. The van der Waals surface area contributed by atoms with Gasteiger partial charge < -0.3 is 24.8 Å². The first kappa shape index (κ1) is 33.3. The Bertz CT molecular complexity index is 1660. The van der Waals surface area contributed by atoms with Gasteiger partial charge in [-0.05, 0) is 42.2 Å². The molecular formula is C32H36N4O8S. The van der Waals surface area contributed by atoms with E-state index in [4.69, 9.17) is 9.26 Å². The van der Waals surface area contributed by atoms with Gasteiger partial charge in [0, 0.05) is 31.1 Å². The first-order chi connectivity index (χ1) is 21.4. The molecule has 0 fully saturated rings. The van der Waals surface area contributed by atoms with Gasteiger partial charge in [-0.2, -0.15) is 9.29 Å². The number of benzene rings is 3. The van der Waals surface area contributed by atoms with Crippen molar-refractivity contribution in [1.29, 1.82) is 0 Å². The number of rotatable bonds is 14. The quantitative estimate of drug-likeness (QED) is 0.170. The fraction of sp³-hybridized carbons (Fsp3) is 0.312. The molecule has 0 saturated heterocycles.